The second-order valence-electron chi connectivity index (χ2n) is 4.89. The Morgan fingerprint density at radius 3 is 2.32 bits per heavy atom. The second-order valence-corrected chi connectivity index (χ2v) is 6.65. The van der Waals surface area contributed by atoms with Gasteiger partial charge < -0.3 is 5.11 Å². The van der Waals surface area contributed by atoms with Crippen LogP contribution in [-0.4, -0.2) is 19.6 Å². The molecule has 4 nitrogen and oxygen atoms in total. The fourth-order valence-electron chi connectivity index (χ4n) is 1.88. The van der Waals surface area contributed by atoms with Crippen LogP contribution < -0.4 is 4.72 Å². The number of nitrogens with one attached hydrogen (secondary N) is 1. The first-order valence-corrected chi connectivity index (χ1v) is 8.30. The first-order valence-electron chi connectivity index (χ1n) is 6.65. The number of sulfonamides is 1. The predicted molar refractivity (Wildman–Crippen MR) is 77.1 cm³/mol. The number of aliphatic hydroxyl groups is 1. The van der Waals surface area contributed by atoms with Crippen molar-refractivity contribution in [2.45, 2.75) is 51.5 Å². The highest BCUT2D eigenvalue weighted by atomic mass is 32.2. The van der Waals surface area contributed by atoms with Crippen molar-refractivity contribution in [1.82, 2.24) is 4.72 Å². The van der Waals surface area contributed by atoms with Crippen LogP contribution in [0.25, 0.3) is 0 Å². The second kappa shape index (κ2) is 7.62. The predicted octanol–water partition coefficient (Wildman–Crippen LogP) is 2.18. The van der Waals surface area contributed by atoms with Gasteiger partial charge in [0.1, 0.15) is 0 Å². The molecule has 0 aromatic heterocycles. The Morgan fingerprint density at radius 1 is 1.21 bits per heavy atom. The Morgan fingerprint density at radius 2 is 1.79 bits per heavy atom. The van der Waals surface area contributed by atoms with E-state index in [0.29, 0.717) is 0 Å². The Hall–Kier alpha value is -0.910. The SMILES string of the molecule is CCCCC(C)NS(=O)(=O)Cc1ccc(CO)cc1. The van der Waals surface area contributed by atoms with E-state index in [4.69, 9.17) is 5.11 Å². The molecule has 0 radical (unpaired) electrons. The molecular formula is C14H23NO3S. The number of aliphatic hydroxyl groups excluding tert-OH is 1. The zero-order chi connectivity index (χ0) is 14.3. The third-order valence-electron chi connectivity index (χ3n) is 2.93. The van der Waals surface area contributed by atoms with E-state index in [-0.39, 0.29) is 18.4 Å². The molecule has 0 aliphatic heterocycles. The van der Waals surface area contributed by atoms with Gasteiger partial charge in [-0.15, -0.1) is 0 Å². The summed E-state index contributed by atoms with van der Waals surface area (Å²) in [6, 6.07) is 6.93. The van der Waals surface area contributed by atoms with Gasteiger partial charge in [0, 0.05) is 6.04 Å². The molecule has 0 aliphatic carbocycles. The maximum absolute atomic E-state index is 12.0. The fraction of sp³-hybridized carbons (Fsp3) is 0.571. The Labute approximate surface area is 115 Å². The highest BCUT2D eigenvalue weighted by molar-refractivity contribution is 7.88. The standard InChI is InChI=1S/C14H23NO3S/c1-3-4-5-12(2)15-19(17,18)11-14-8-6-13(10-16)7-9-14/h6-9,12,15-16H,3-5,10-11H2,1-2H3. The van der Waals surface area contributed by atoms with Gasteiger partial charge in [-0.2, -0.15) is 0 Å². The first kappa shape index (κ1) is 16.1. The molecule has 1 atom stereocenters. The van der Waals surface area contributed by atoms with Crippen LogP contribution in [0.15, 0.2) is 24.3 Å². The summed E-state index contributed by atoms with van der Waals surface area (Å²) in [6.45, 7) is 3.95. The largest absolute Gasteiger partial charge is 0.392 e. The molecule has 1 aromatic rings. The number of unbranched alkanes of at least 4 members (excludes halogenated alkanes) is 1. The van der Waals surface area contributed by atoms with Crippen LogP contribution in [0.2, 0.25) is 0 Å². The third-order valence-corrected chi connectivity index (χ3v) is 4.41. The smallest absolute Gasteiger partial charge is 0.216 e. The summed E-state index contributed by atoms with van der Waals surface area (Å²) in [5.41, 5.74) is 1.51. The molecule has 0 fully saturated rings. The molecule has 0 bridgehead atoms. The average Bonchev–Trinajstić information content (AvgIpc) is 2.36. The summed E-state index contributed by atoms with van der Waals surface area (Å²) in [5, 5.41) is 8.93. The maximum atomic E-state index is 12.0. The summed E-state index contributed by atoms with van der Waals surface area (Å²) in [5.74, 6) is -0.0187. The minimum Gasteiger partial charge on any atom is -0.392 e. The van der Waals surface area contributed by atoms with Crippen molar-refractivity contribution in [3.63, 3.8) is 0 Å². The monoisotopic (exact) mass is 285 g/mol. The highest BCUT2D eigenvalue weighted by Crippen LogP contribution is 2.09. The van der Waals surface area contributed by atoms with Gasteiger partial charge >= 0.3 is 0 Å². The molecule has 0 heterocycles. The van der Waals surface area contributed by atoms with Gasteiger partial charge in [-0.1, -0.05) is 44.0 Å². The van der Waals surface area contributed by atoms with Crippen molar-refractivity contribution < 1.29 is 13.5 Å². The number of hydrogen-bond acceptors (Lipinski definition) is 3. The fourth-order valence-corrected chi connectivity index (χ4v) is 3.32. The topological polar surface area (TPSA) is 66.4 Å². The third kappa shape index (κ3) is 6.18. The van der Waals surface area contributed by atoms with Crippen molar-refractivity contribution in [2.75, 3.05) is 0 Å². The molecule has 108 valence electrons. The van der Waals surface area contributed by atoms with Gasteiger partial charge in [0.2, 0.25) is 10.0 Å². The Kier molecular flexibility index (Phi) is 6.48. The number of hydrogen-bond donors (Lipinski definition) is 2. The lowest BCUT2D eigenvalue weighted by atomic mass is 10.2. The Balaban J connectivity index is 2.58. The number of benzene rings is 1. The molecule has 1 unspecified atom stereocenters. The summed E-state index contributed by atoms with van der Waals surface area (Å²) in [6.07, 6.45) is 2.95. The van der Waals surface area contributed by atoms with Crippen molar-refractivity contribution >= 4 is 10.0 Å². The van der Waals surface area contributed by atoms with E-state index in [0.717, 1.165) is 30.4 Å². The van der Waals surface area contributed by atoms with Crippen LogP contribution in [0.1, 0.15) is 44.2 Å². The molecule has 19 heavy (non-hydrogen) atoms. The average molecular weight is 285 g/mol. The molecule has 0 aliphatic rings. The van der Waals surface area contributed by atoms with Gasteiger partial charge in [0.25, 0.3) is 0 Å². The van der Waals surface area contributed by atoms with E-state index in [2.05, 4.69) is 11.6 Å². The molecule has 0 saturated heterocycles. The molecule has 0 saturated carbocycles. The van der Waals surface area contributed by atoms with Gasteiger partial charge in [0.05, 0.1) is 12.4 Å². The molecule has 2 N–H and O–H groups in total. The van der Waals surface area contributed by atoms with E-state index in [9.17, 15) is 8.42 Å². The molecule has 0 amide bonds. The zero-order valence-electron chi connectivity index (χ0n) is 11.6. The van der Waals surface area contributed by atoms with E-state index < -0.39 is 10.0 Å². The van der Waals surface area contributed by atoms with Gasteiger partial charge in [0.15, 0.2) is 0 Å². The van der Waals surface area contributed by atoms with Crippen LogP contribution in [0, 0.1) is 0 Å². The van der Waals surface area contributed by atoms with Gasteiger partial charge in [-0.3, -0.25) is 0 Å². The van der Waals surface area contributed by atoms with E-state index in [1.54, 1.807) is 24.3 Å². The molecule has 0 spiro atoms. The summed E-state index contributed by atoms with van der Waals surface area (Å²) >= 11 is 0. The lowest BCUT2D eigenvalue weighted by Gasteiger charge is -2.13. The maximum Gasteiger partial charge on any atom is 0.216 e. The van der Waals surface area contributed by atoms with Gasteiger partial charge in [-0.05, 0) is 24.5 Å². The molecule has 1 rings (SSSR count). The van der Waals surface area contributed by atoms with Crippen LogP contribution in [0.4, 0.5) is 0 Å². The minimum absolute atomic E-state index is 0.0187. The number of rotatable bonds is 8. The van der Waals surface area contributed by atoms with E-state index in [1.165, 1.54) is 0 Å². The molecular weight excluding hydrogens is 262 g/mol. The van der Waals surface area contributed by atoms with Crippen LogP contribution >= 0.6 is 0 Å². The first-order chi connectivity index (χ1) is 8.96. The van der Waals surface area contributed by atoms with Crippen molar-refractivity contribution in [1.29, 1.82) is 0 Å². The van der Waals surface area contributed by atoms with Gasteiger partial charge in [-0.25, -0.2) is 13.1 Å². The Bertz CT molecular complexity index is 468. The summed E-state index contributed by atoms with van der Waals surface area (Å²) in [7, 11) is -3.30. The van der Waals surface area contributed by atoms with Crippen molar-refractivity contribution in [3.05, 3.63) is 35.4 Å². The van der Waals surface area contributed by atoms with Crippen molar-refractivity contribution in [2.24, 2.45) is 0 Å². The molecule has 1 aromatic carbocycles. The van der Waals surface area contributed by atoms with E-state index >= 15 is 0 Å². The highest BCUT2D eigenvalue weighted by Gasteiger charge is 2.14. The van der Waals surface area contributed by atoms with Crippen LogP contribution in [0.3, 0.4) is 0 Å². The summed E-state index contributed by atoms with van der Waals surface area (Å²) < 4.78 is 26.6. The zero-order valence-corrected chi connectivity index (χ0v) is 12.4. The lowest BCUT2D eigenvalue weighted by Crippen LogP contribution is -2.33. The van der Waals surface area contributed by atoms with E-state index in [1.807, 2.05) is 6.92 Å². The summed E-state index contributed by atoms with van der Waals surface area (Å²) in [4.78, 5) is 0. The van der Waals surface area contributed by atoms with Crippen LogP contribution in [-0.2, 0) is 22.4 Å². The van der Waals surface area contributed by atoms with Crippen molar-refractivity contribution in [3.8, 4) is 0 Å². The normalized spacial score (nSPS) is 13.4. The van der Waals surface area contributed by atoms with Crippen LogP contribution in [0.5, 0.6) is 0 Å². The minimum atomic E-state index is -3.30. The quantitative estimate of drug-likeness (QED) is 0.769. The molecule has 5 heteroatoms. The lowest BCUT2D eigenvalue weighted by molar-refractivity contribution is 0.282.